The van der Waals surface area contributed by atoms with E-state index in [2.05, 4.69) is 206 Å². The molecule has 57 heavy (non-hydrogen) atoms. The Morgan fingerprint density at radius 1 is 0.263 bits per heavy atom. The first-order valence-electron chi connectivity index (χ1n) is 19.7. The van der Waals surface area contributed by atoms with E-state index < -0.39 is 0 Å². The lowest BCUT2D eigenvalue weighted by Gasteiger charge is -2.19. The number of rotatable bonds is 4. The molecule has 0 bridgehead atoms. The molecule has 0 aliphatic carbocycles. The smallest absolute Gasteiger partial charge is 0.143 e. The summed E-state index contributed by atoms with van der Waals surface area (Å²) in [6.45, 7) is 0. The van der Waals surface area contributed by atoms with E-state index in [9.17, 15) is 0 Å². The van der Waals surface area contributed by atoms with Crippen LogP contribution >= 0.6 is 0 Å². The molecule has 0 aliphatic heterocycles. The van der Waals surface area contributed by atoms with Gasteiger partial charge in [-0.15, -0.1) is 0 Å². The maximum atomic E-state index is 6.78. The van der Waals surface area contributed by atoms with Gasteiger partial charge >= 0.3 is 0 Å². The summed E-state index contributed by atoms with van der Waals surface area (Å²) in [6.07, 6.45) is 0. The summed E-state index contributed by atoms with van der Waals surface area (Å²) in [4.78, 5) is 0. The molecular weight excluding hydrogens is 689 g/mol. The number of benzene rings is 11. The van der Waals surface area contributed by atoms with Gasteiger partial charge in [0.15, 0.2) is 0 Å². The van der Waals surface area contributed by atoms with Crippen LogP contribution < -0.4 is 0 Å². The molecular formula is C56H34O. The topological polar surface area (TPSA) is 13.1 Å². The maximum absolute atomic E-state index is 6.78. The zero-order valence-corrected chi connectivity index (χ0v) is 31.0. The Morgan fingerprint density at radius 2 is 0.719 bits per heavy atom. The van der Waals surface area contributed by atoms with Gasteiger partial charge in [-0.25, -0.2) is 0 Å². The van der Waals surface area contributed by atoms with E-state index in [1.807, 2.05) is 0 Å². The second kappa shape index (κ2) is 12.5. The average Bonchev–Trinajstić information content (AvgIpc) is 3.68. The molecule has 0 fully saturated rings. The summed E-state index contributed by atoms with van der Waals surface area (Å²) in [7, 11) is 0. The van der Waals surface area contributed by atoms with Crippen LogP contribution in [0, 0.1) is 0 Å². The quantitative estimate of drug-likeness (QED) is 0.130. The lowest BCUT2D eigenvalue weighted by molar-refractivity contribution is 0.673. The molecule has 0 unspecified atom stereocenters. The molecule has 264 valence electrons. The van der Waals surface area contributed by atoms with Gasteiger partial charge in [-0.3, -0.25) is 0 Å². The van der Waals surface area contributed by atoms with E-state index in [1.165, 1.54) is 87.2 Å². The van der Waals surface area contributed by atoms with E-state index in [0.717, 1.165) is 33.1 Å². The molecule has 1 aromatic heterocycles. The van der Waals surface area contributed by atoms with Gasteiger partial charge in [0.05, 0.1) is 0 Å². The van der Waals surface area contributed by atoms with Crippen LogP contribution in [0.15, 0.2) is 211 Å². The van der Waals surface area contributed by atoms with Gasteiger partial charge in [-0.05, 0) is 117 Å². The first kappa shape index (κ1) is 31.8. The van der Waals surface area contributed by atoms with Crippen molar-refractivity contribution in [1.29, 1.82) is 0 Å². The van der Waals surface area contributed by atoms with Crippen LogP contribution in [0.1, 0.15) is 0 Å². The summed E-state index contributed by atoms with van der Waals surface area (Å²) >= 11 is 0. The molecule has 12 aromatic rings. The lowest BCUT2D eigenvalue weighted by Crippen LogP contribution is -1.91. The van der Waals surface area contributed by atoms with Gasteiger partial charge in [0.1, 0.15) is 11.2 Å². The number of hydrogen-bond donors (Lipinski definition) is 0. The SMILES string of the molecule is c1cc(-c2ccc3c(c2)oc2c4ccccc4c4ccccc4c32)cc(-c2c3ccccc3c(-c3cccc(-c4cccc5ccccc45)c3)c3ccccc23)c1. The maximum Gasteiger partial charge on any atom is 0.143 e. The predicted molar refractivity (Wildman–Crippen MR) is 243 cm³/mol. The lowest BCUT2D eigenvalue weighted by atomic mass is 9.85. The number of fused-ring (bicyclic) bond motifs is 11. The van der Waals surface area contributed by atoms with E-state index in [0.29, 0.717) is 0 Å². The highest BCUT2D eigenvalue weighted by atomic mass is 16.3. The molecule has 0 saturated heterocycles. The fraction of sp³-hybridized carbons (Fsp3) is 0. The van der Waals surface area contributed by atoms with Gasteiger partial charge in [-0.2, -0.15) is 0 Å². The van der Waals surface area contributed by atoms with Gasteiger partial charge in [-0.1, -0.05) is 182 Å². The summed E-state index contributed by atoms with van der Waals surface area (Å²) in [5.74, 6) is 0. The average molecular weight is 723 g/mol. The van der Waals surface area contributed by atoms with Crippen LogP contribution in [0.2, 0.25) is 0 Å². The van der Waals surface area contributed by atoms with Gasteiger partial charge in [0, 0.05) is 16.2 Å². The number of hydrogen-bond acceptors (Lipinski definition) is 1. The second-order valence-corrected chi connectivity index (χ2v) is 15.1. The van der Waals surface area contributed by atoms with Crippen LogP contribution in [0.4, 0.5) is 0 Å². The first-order valence-corrected chi connectivity index (χ1v) is 19.7. The Kier molecular flexibility index (Phi) is 7.00. The molecule has 0 atom stereocenters. The van der Waals surface area contributed by atoms with E-state index in [-0.39, 0.29) is 0 Å². The monoisotopic (exact) mass is 722 g/mol. The van der Waals surface area contributed by atoms with Crippen molar-refractivity contribution in [2.24, 2.45) is 0 Å². The van der Waals surface area contributed by atoms with Crippen LogP contribution in [0.3, 0.4) is 0 Å². The van der Waals surface area contributed by atoms with Crippen LogP contribution in [0.25, 0.3) is 120 Å². The Labute approximate surface area is 329 Å². The second-order valence-electron chi connectivity index (χ2n) is 15.1. The standard InChI is InChI=1S/C56H34O/c1-2-20-41-35(14-1)15-13-29-42(41)38-17-12-19-40(33-38)54-48-26-8-6-24-46(48)53(47-25-7-9-27-49(47)54)39-18-11-16-36(32-39)37-30-31-51-52(34-37)57-56-50-28-10-4-22-44(50)43-21-3-5-23-45(43)55(51)56/h1-34H. The minimum Gasteiger partial charge on any atom is -0.455 e. The molecule has 0 saturated carbocycles. The summed E-state index contributed by atoms with van der Waals surface area (Å²) in [5, 5.41) is 14.7. The van der Waals surface area contributed by atoms with Crippen molar-refractivity contribution in [1.82, 2.24) is 0 Å². The molecule has 0 spiro atoms. The van der Waals surface area contributed by atoms with Crippen LogP contribution in [-0.2, 0) is 0 Å². The first-order chi connectivity index (χ1) is 28.3. The van der Waals surface area contributed by atoms with Crippen LogP contribution in [-0.4, -0.2) is 0 Å². The summed E-state index contributed by atoms with van der Waals surface area (Å²) in [6, 6.07) is 75.2. The molecule has 12 rings (SSSR count). The Bertz CT molecular complexity index is 3520. The van der Waals surface area contributed by atoms with Crippen LogP contribution in [0.5, 0.6) is 0 Å². The Morgan fingerprint density at radius 3 is 1.39 bits per heavy atom. The zero-order chi connectivity index (χ0) is 37.5. The van der Waals surface area contributed by atoms with Crippen molar-refractivity contribution < 1.29 is 4.42 Å². The highest BCUT2D eigenvalue weighted by molar-refractivity contribution is 6.30. The molecule has 11 aromatic carbocycles. The fourth-order valence-electron chi connectivity index (χ4n) is 9.51. The minimum atomic E-state index is 0.903. The van der Waals surface area contributed by atoms with Crippen molar-refractivity contribution in [3.8, 4) is 44.5 Å². The summed E-state index contributed by atoms with van der Waals surface area (Å²) < 4.78 is 6.78. The van der Waals surface area contributed by atoms with E-state index in [1.54, 1.807) is 0 Å². The van der Waals surface area contributed by atoms with Crippen molar-refractivity contribution in [3.63, 3.8) is 0 Å². The third-order valence-electron chi connectivity index (χ3n) is 12.0. The highest BCUT2D eigenvalue weighted by Crippen LogP contribution is 2.46. The van der Waals surface area contributed by atoms with Gasteiger partial charge in [0.2, 0.25) is 0 Å². The molecule has 0 aliphatic rings. The minimum absolute atomic E-state index is 0.903. The van der Waals surface area contributed by atoms with Crippen molar-refractivity contribution in [3.05, 3.63) is 206 Å². The van der Waals surface area contributed by atoms with Crippen molar-refractivity contribution >= 4 is 75.8 Å². The Hall–Kier alpha value is -7.48. The molecule has 0 amide bonds. The van der Waals surface area contributed by atoms with E-state index in [4.69, 9.17) is 4.42 Å². The van der Waals surface area contributed by atoms with Gasteiger partial charge < -0.3 is 4.42 Å². The molecule has 1 nitrogen and oxygen atoms in total. The third-order valence-corrected chi connectivity index (χ3v) is 12.0. The molecule has 0 radical (unpaired) electrons. The van der Waals surface area contributed by atoms with Crippen molar-refractivity contribution in [2.75, 3.05) is 0 Å². The predicted octanol–water partition coefficient (Wildman–Crippen LogP) is 16.0. The van der Waals surface area contributed by atoms with Gasteiger partial charge in [0.25, 0.3) is 0 Å². The van der Waals surface area contributed by atoms with E-state index >= 15 is 0 Å². The normalized spacial score (nSPS) is 11.9. The zero-order valence-electron chi connectivity index (χ0n) is 31.0. The summed E-state index contributed by atoms with van der Waals surface area (Å²) in [5.41, 5.74) is 11.5. The number of furan rings is 1. The highest BCUT2D eigenvalue weighted by Gasteiger charge is 2.19. The van der Waals surface area contributed by atoms with Crippen molar-refractivity contribution in [2.45, 2.75) is 0 Å². The molecule has 1 heteroatoms. The molecule has 1 heterocycles. The largest absolute Gasteiger partial charge is 0.455 e. The molecule has 0 N–H and O–H groups in total. The Balaban J connectivity index is 1.03. The fourth-order valence-corrected chi connectivity index (χ4v) is 9.51. The third kappa shape index (κ3) is 4.89.